The third kappa shape index (κ3) is 2.32. The molecule has 0 saturated carbocycles. The fourth-order valence-electron chi connectivity index (χ4n) is 1.80. The van der Waals surface area contributed by atoms with Gasteiger partial charge >= 0.3 is 5.97 Å². The molecule has 0 N–H and O–H groups in total. The summed E-state index contributed by atoms with van der Waals surface area (Å²) in [5.41, 5.74) is 0.566. The summed E-state index contributed by atoms with van der Waals surface area (Å²) in [7, 11) is 0. The number of rotatable bonds is 1. The van der Waals surface area contributed by atoms with Crippen molar-refractivity contribution in [3.8, 4) is 0 Å². The summed E-state index contributed by atoms with van der Waals surface area (Å²) in [5, 5.41) is 2.86. The van der Waals surface area contributed by atoms with Crippen molar-refractivity contribution in [2.24, 2.45) is 0 Å². The molecule has 4 nitrogen and oxygen atoms in total. The van der Waals surface area contributed by atoms with Crippen LogP contribution in [0.15, 0.2) is 42.5 Å². The van der Waals surface area contributed by atoms with Gasteiger partial charge in [-0.15, -0.1) is 5.06 Å². The highest BCUT2D eigenvalue weighted by Crippen LogP contribution is 2.27. The lowest BCUT2D eigenvalue weighted by atomic mass is 10.1. The highest BCUT2D eigenvalue weighted by atomic mass is 16.7. The molecule has 18 heavy (non-hydrogen) atoms. The van der Waals surface area contributed by atoms with Crippen molar-refractivity contribution < 1.29 is 14.4 Å². The molecule has 0 unspecified atom stereocenters. The van der Waals surface area contributed by atoms with Gasteiger partial charge in [0.1, 0.15) is 0 Å². The Balaban J connectivity index is 2.57. The molecule has 0 aliphatic heterocycles. The van der Waals surface area contributed by atoms with E-state index in [-0.39, 0.29) is 5.91 Å². The Morgan fingerprint density at radius 2 is 1.67 bits per heavy atom. The molecule has 0 aliphatic rings. The van der Waals surface area contributed by atoms with E-state index in [1.54, 1.807) is 6.07 Å². The topological polar surface area (TPSA) is 46.6 Å². The minimum atomic E-state index is -0.530. The van der Waals surface area contributed by atoms with Crippen LogP contribution in [0.25, 0.3) is 10.8 Å². The van der Waals surface area contributed by atoms with E-state index >= 15 is 0 Å². The van der Waals surface area contributed by atoms with Gasteiger partial charge in [-0.3, -0.25) is 4.79 Å². The summed E-state index contributed by atoms with van der Waals surface area (Å²) >= 11 is 0. The minimum absolute atomic E-state index is 0.346. The SMILES string of the molecule is CC(=O)ON(C(C)=O)c1cccc2ccccc12. The van der Waals surface area contributed by atoms with Gasteiger partial charge in [-0.1, -0.05) is 36.4 Å². The number of fused-ring (bicyclic) bond motifs is 1. The van der Waals surface area contributed by atoms with Gasteiger partial charge < -0.3 is 4.84 Å². The van der Waals surface area contributed by atoms with E-state index < -0.39 is 5.97 Å². The van der Waals surface area contributed by atoms with Crippen molar-refractivity contribution in [2.75, 3.05) is 5.06 Å². The summed E-state index contributed by atoms with van der Waals surface area (Å²) < 4.78 is 0. The van der Waals surface area contributed by atoms with E-state index in [4.69, 9.17) is 4.84 Å². The Morgan fingerprint density at radius 1 is 1.00 bits per heavy atom. The maximum atomic E-state index is 11.6. The van der Waals surface area contributed by atoms with Crippen molar-refractivity contribution in [3.63, 3.8) is 0 Å². The Kier molecular flexibility index (Phi) is 3.28. The molecule has 0 fully saturated rings. The molecular formula is C14H13NO3. The number of benzene rings is 2. The van der Waals surface area contributed by atoms with Crippen LogP contribution in [0.1, 0.15) is 13.8 Å². The molecule has 92 valence electrons. The fraction of sp³-hybridized carbons (Fsp3) is 0.143. The number of amides is 1. The Labute approximate surface area is 105 Å². The van der Waals surface area contributed by atoms with Crippen LogP contribution in [0.3, 0.4) is 0 Å². The molecule has 2 rings (SSSR count). The second-order valence-corrected chi connectivity index (χ2v) is 3.89. The van der Waals surface area contributed by atoms with Crippen LogP contribution >= 0.6 is 0 Å². The van der Waals surface area contributed by atoms with Gasteiger partial charge in [0, 0.05) is 19.2 Å². The van der Waals surface area contributed by atoms with Crippen LogP contribution in [0.2, 0.25) is 0 Å². The monoisotopic (exact) mass is 243 g/mol. The summed E-state index contributed by atoms with van der Waals surface area (Å²) in [5.74, 6) is -0.875. The summed E-state index contributed by atoms with van der Waals surface area (Å²) in [4.78, 5) is 27.6. The predicted octanol–water partition coefficient (Wildman–Crippen LogP) is 2.67. The van der Waals surface area contributed by atoms with Gasteiger partial charge in [0.05, 0.1) is 5.69 Å². The van der Waals surface area contributed by atoms with Crippen molar-refractivity contribution in [2.45, 2.75) is 13.8 Å². The maximum absolute atomic E-state index is 11.6. The van der Waals surface area contributed by atoms with Gasteiger partial charge in [0.15, 0.2) is 0 Å². The van der Waals surface area contributed by atoms with Gasteiger partial charge in [-0.25, -0.2) is 4.79 Å². The molecule has 0 bridgehead atoms. The number of carbonyl (C=O) groups excluding carboxylic acids is 2. The third-order valence-corrected chi connectivity index (χ3v) is 2.49. The van der Waals surface area contributed by atoms with Crippen molar-refractivity contribution in [3.05, 3.63) is 42.5 Å². The second kappa shape index (κ2) is 4.87. The number of nitrogens with zero attached hydrogens (tertiary/aromatic N) is 1. The molecule has 4 heteroatoms. The lowest BCUT2D eigenvalue weighted by molar-refractivity contribution is -0.147. The Hall–Kier alpha value is -2.36. The highest BCUT2D eigenvalue weighted by molar-refractivity contribution is 6.02. The molecule has 0 atom stereocenters. The zero-order valence-electron chi connectivity index (χ0n) is 10.2. The first-order chi connectivity index (χ1) is 8.59. The summed E-state index contributed by atoms with van der Waals surface area (Å²) in [6.07, 6.45) is 0. The maximum Gasteiger partial charge on any atom is 0.330 e. The molecule has 0 heterocycles. The quantitative estimate of drug-likeness (QED) is 0.723. The first-order valence-corrected chi connectivity index (χ1v) is 5.56. The van der Waals surface area contributed by atoms with Crippen LogP contribution < -0.4 is 5.06 Å². The van der Waals surface area contributed by atoms with Crippen LogP contribution in [0.4, 0.5) is 5.69 Å². The van der Waals surface area contributed by atoms with Crippen molar-refractivity contribution >= 4 is 28.3 Å². The van der Waals surface area contributed by atoms with Gasteiger partial charge in [0.25, 0.3) is 5.91 Å². The smallest absolute Gasteiger partial charge is 0.330 e. The van der Waals surface area contributed by atoms with Crippen LogP contribution in [0.5, 0.6) is 0 Å². The van der Waals surface area contributed by atoms with Gasteiger partial charge in [-0.05, 0) is 11.5 Å². The second-order valence-electron chi connectivity index (χ2n) is 3.89. The minimum Gasteiger partial charge on any atom is -0.333 e. The summed E-state index contributed by atoms with van der Waals surface area (Å²) in [6, 6.07) is 13.1. The lowest BCUT2D eigenvalue weighted by Gasteiger charge is -2.20. The standard InChI is InChI=1S/C14H13NO3/c1-10(16)15(18-11(2)17)14-9-5-7-12-6-3-4-8-13(12)14/h3-9H,1-2H3. The number of hydroxylamine groups is 1. The molecule has 1 amide bonds. The molecule has 0 aliphatic carbocycles. The van der Waals surface area contributed by atoms with Crippen LogP contribution in [-0.4, -0.2) is 11.9 Å². The average molecular weight is 243 g/mol. The molecule has 0 saturated heterocycles. The van der Waals surface area contributed by atoms with E-state index in [0.717, 1.165) is 15.8 Å². The molecule has 2 aromatic carbocycles. The van der Waals surface area contributed by atoms with Crippen molar-refractivity contribution in [1.29, 1.82) is 0 Å². The first-order valence-electron chi connectivity index (χ1n) is 5.56. The molecular weight excluding hydrogens is 230 g/mol. The molecule has 0 aromatic heterocycles. The van der Waals surface area contributed by atoms with E-state index in [2.05, 4.69) is 0 Å². The van der Waals surface area contributed by atoms with Crippen LogP contribution in [-0.2, 0) is 14.4 Å². The average Bonchev–Trinajstić information content (AvgIpc) is 2.35. The number of hydrogen-bond donors (Lipinski definition) is 0. The first kappa shape index (κ1) is 12.1. The molecule has 2 aromatic rings. The highest BCUT2D eigenvalue weighted by Gasteiger charge is 2.17. The number of carbonyl (C=O) groups is 2. The normalized spacial score (nSPS) is 10.1. The van der Waals surface area contributed by atoms with E-state index in [1.165, 1.54) is 13.8 Å². The predicted molar refractivity (Wildman–Crippen MR) is 68.9 cm³/mol. The van der Waals surface area contributed by atoms with E-state index in [1.807, 2.05) is 36.4 Å². The Bertz CT molecular complexity index is 602. The number of anilines is 1. The summed E-state index contributed by atoms with van der Waals surface area (Å²) in [6.45, 7) is 2.62. The zero-order chi connectivity index (χ0) is 13.1. The van der Waals surface area contributed by atoms with E-state index in [9.17, 15) is 9.59 Å². The fourth-order valence-corrected chi connectivity index (χ4v) is 1.80. The van der Waals surface area contributed by atoms with Crippen molar-refractivity contribution in [1.82, 2.24) is 0 Å². The third-order valence-electron chi connectivity index (χ3n) is 2.49. The van der Waals surface area contributed by atoms with Crippen LogP contribution in [0, 0.1) is 0 Å². The molecule has 0 spiro atoms. The zero-order valence-corrected chi connectivity index (χ0v) is 10.2. The number of hydrogen-bond acceptors (Lipinski definition) is 3. The van der Waals surface area contributed by atoms with E-state index in [0.29, 0.717) is 5.69 Å². The lowest BCUT2D eigenvalue weighted by Crippen LogP contribution is -2.30. The Morgan fingerprint density at radius 3 is 2.33 bits per heavy atom. The van der Waals surface area contributed by atoms with Gasteiger partial charge in [-0.2, -0.15) is 0 Å². The molecule has 0 radical (unpaired) electrons. The largest absolute Gasteiger partial charge is 0.333 e. The van der Waals surface area contributed by atoms with Gasteiger partial charge in [0.2, 0.25) is 0 Å².